The van der Waals surface area contributed by atoms with E-state index in [0.29, 0.717) is 0 Å². The zero-order chi connectivity index (χ0) is 17.9. The van der Waals surface area contributed by atoms with E-state index in [4.69, 9.17) is 4.74 Å². The molecule has 1 unspecified atom stereocenters. The predicted octanol–water partition coefficient (Wildman–Crippen LogP) is 3.77. The maximum absolute atomic E-state index is 13.2. The molecule has 1 atom stereocenters. The molecule has 2 heterocycles. The van der Waals surface area contributed by atoms with Gasteiger partial charge in [0.05, 0.1) is 25.9 Å². The summed E-state index contributed by atoms with van der Waals surface area (Å²) in [5.74, 6) is 0.472. The number of hydrogen-bond acceptors (Lipinski definition) is 3. The van der Waals surface area contributed by atoms with Crippen molar-refractivity contribution in [2.24, 2.45) is 0 Å². The average molecular weight is 345 g/mol. The topological polar surface area (TPSA) is 59.9 Å². The van der Waals surface area contributed by atoms with Crippen LogP contribution in [0.15, 0.2) is 73.4 Å². The molecule has 0 fully saturated rings. The Kier molecular flexibility index (Phi) is 4.27. The van der Waals surface area contributed by atoms with Gasteiger partial charge >= 0.3 is 0 Å². The molecule has 5 heteroatoms. The maximum atomic E-state index is 13.2. The molecule has 2 aromatic heterocycles. The summed E-state index contributed by atoms with van der Waals surface area (Å²) in [6.45, 7) is 0.265. The van der Waals surface area contributed by atoms with Gasteiger partial charge in [0.2, 0.25) is 0 Å². The molecule has 4 rings (SSSR count). The van der Waals surface area contributed by atoms with Gasteiger partial charge in [0, 0.05) is 29.5 Å². The molecule has 0 radical (unpaired) electrons. The van der Waals surface area contributed by atoms with E-state index in [-0.39, 0.29) is 18.2 Å². The summed E-state index contributed by atoms with van der Waals surface area (Å²) < 4.78 is 7.35. The third-order valence-electron chi connectivity index (χ3n) is 4.58. The van der Waals surface area contributed by atoms with Gasteiger partial charge in [0.25, 0.3) is 0 Å². The fourth-order valence-corrected chi connectivity index (χ4v) is 3.41. The van der Waals surface area contributed by atoms with Crippen LogP contribution in [0, 0.1) is 0 Å². The molecule has 4 aromatic rings. The van der Waals surface area contributed by atoms with Crippen LogP contribution in [-0.4, -0.2) is 27.4 Å². The number of hydrogen-bond donors (Lipinski definition) is 1. The Morgan fingerprint density at radius 2 is 2.04 bits per heavy atom. The number of Topliss-reactive ketones (excluding diaryl/α,β-unsaturated/α-hetero) is 1. The molecule has 0 bridgehead atoms. The number of fused-ring (bicyclic) bond motifs is 1. The molecule has 1 N–H and O–H groups in total. The third-order valence-corrected chi connectivity index (χ3v) is 4.58. The lowest BCUT2D eigenvalue weighted by Gasteiger charge is -2.17. The molecule has 5 nitrogen and oxygen atoms in total. The first-order chi connectivity index (χ1) is 12.8. The second kappa shape index (κ2) is 6.88. The van der Waals surface area contributed by atoms with Gasteiger partial charge < -0.3 is 14.3 Å². The molecule has 0 aliphatic heterocycles. The van der Waals surface area contributed by atoms with Crippen molar-refractivity contribution < 1.29 is 9.53 Å². The van der Waals surface area contributed by atoms with E-state index in [2.05, 4.69) is 9.97 Å². The molecule has 0 amide bonds. The van der Waals surface area contributed by atoms with E-state index in [1.54, 1.807) is 30.4 Å². The molecule has 0 saturated heterocycles. The fraction of sp³-hybridized carbons (Fsp3) is 0.143. The smallest absolute Gasteiger partial charge is 0.164 e. The quantitative estimate of drug-likeness (QED) is 0.579. The summed E-state index contributed by atoms with van der Waals surface area (Å²) >= 11 is 0. The minimum Gasteiger partial charge on any atom is -0.496 e. The average Bonchev–Trinajstić information content (AvgIpc) is 3.33. The largest absolute Gasteiger partial charge is 0.496 e. The lowest BCUT2D eigenvalue weighted by molar-refractivity contribution is -0.120. The van der Waals surface area contributed by atoms with Crippen LogP contribution in [0.1, 0.15) is 17.0 Å². The number of imidazole rings is 1. The molecule has 26 heavy (non-hydrogen) atoms. The monoisotopic (exact) mass is 345 g/mol. The number of benzene rings is 2. The zero-order valence-corrected chi connectivity index (χ0v) is 14.4. The van der Waals surface area contributed by atoms with Crippen molar-refractivity contribution in [2.45, 2.75) is 12.5 Å². The van der Waals surface area contributed by atoms with Crippen molar-refractivity contribution in [3.63, 3.8) is 0 Å². The second-order valence-electron chi connectivity index (χ2n) is 6.17. The van der Waals surface area contributed by atoms with Crippen LogP contribution >= 0.6 is 0 Å². The van der Waals surface area contributed by atoms with Crippen LogP contribution in [-0.2, 0) is 11.3 Å². The van der Waals surface area contributed by atoms with Gasteiger partial charge in [-0.1, -0.05) is 36.4 Å². The summed E-state index contributed by atoms with van der Waals surface area (Å²) in [6.07, 6.45) is 7.06. The first-order valence-electron chi connectivity index (χ1n) is 8.45. The number of nitrogens with zero attached hydrogens (tertiary/aromatic N) is 2. The molecule has 0 spiro atoms. The van der Waals surface area contributed by atoms with Gasteiger partial charge in [-0.25, -0.2) is 4.98 Å². The van der Waals surface area contributed by atoms with Crippen LogP contribution in [0.4, 0.5) is 0 Å². The summed E-state index contributed by atoms with van der Waals surface area (Å²) in [5.41, 5.74) is 2.84. The maximum Gasteiger partial charge on any atom is 0.164 e. The van der Waals surface area contributed by atoms with Crippen molar-refractivity contribution >= 4 is 16.7 Å². The lowest BCUT2D eigenvalue weighted by atomic mass is 9.87. The van der Waals surface area contributed by atoms with Crippen molar-refractivity contribution in [1.29, 1.82) is 0 Å². The molecular formula is C21H19N3O2. The Balaban J connectivity index is 1.85. The SMILES string of the molecule is COc1cccc2[nH]cc(C(C(=O)Cn3ccnc3)c3ccccc3)c12. The number of nitrogens with one attached hydrogen (secondary N) is 1. The minimum absolute atomic E-state index is 0.0982. The third kappa shape index (κ3) is 2.88. The number of methoxy groups -OCH3 is 1. The predicted molar refractivity (Wildman–Crippen MR) is 100 cm³/mol. The number of carbonyl (C=O) groups is 1. The normalized spacial score (nSPS) is 12.2. The number of ketones is 1. The summed E-state index contributed by atoms with van der Waals surface area (Å²) in [4.78, 5) is 20.6. The molecule has 130 valence electrons. The van der Waals surface area contributed by atoms with E-state index in [1.807, 2.05) is 54.7 Å². The van der Waals surface area contributed by atoms with E-state index in [0.717, 1.165) is 27.8 Å². The molecular weight excluding hydrogens is 326 g/mol. The minimum atomic E-state index is -0.386. The Labute approximate surface area is 151 Å². The van der Waals surface area contributed by atoms with Crippen LogP contribution in [0.5, 0.6) is 5.75 Å². The van der Waals surface area contributed by atoms with Crippen LogP contribution in [0.3, 0.4) is 0 Å². The molecule has 2 aromatic carbocycles. The van der Waals surface area contributed by atoms with E-state index >= 15 is 0 Å². The number of ether oxygens (including phenoxy) is 1. The molecule has 0 aliphatic carbocycles. The number of carbonyl (C=O) groups excluding carboxylic acids is 1. The van der Waals surface area contributed by atoms with E-state index < -0.39 is 0 Å². The highest BCUT2D eigenvalue weighted by molar-refractivity contribution is 5.97. The first kappa shape index (κ1) is 16.1. The number of aromatic nitrogens is 3. The Hall–Kier alpha value is -3.34. The van der Waals surface area contributed by atoms with Gasteiger partial charge in [0.1, 0.15) is 5.75 Å². The van der Waals surface area contributed by atoms with Gasteiger partial charge in [0.15, 0.2) is 5.78 Å². The highest BCUT2D eigenvalue weighted by Gasteiger charge is 2.26. The van der Waals surface area contributed by atoms with Crippen LogP contribution in [0.2, 0.25) is 0 Å². The zero-order valence-electron chi connectivity index (χ0n) is 14.4. The van der Waals surface area contributed by atoms with Crippen LogP contribution in [0.25, 0.3) is 10.9 Å². The Bertz CT molecular complexity index is 1020. The lowest BCUT2D eigenvalue weighted by Crippen LogP contribution is -2.19. The first-order valence-corrected chi connectivity index (χ1v) is 8.45. The second-order valence-corrected chi connectivity index (χ2v) is 6.17. The summed E-state index contributed by atoms with van der Waals surface area (Å²) in [5, 5.41) is 0.947. The van der Waals surface area contributed by atoms with Crippen molar-refractivity contribution in [2.75, 3.05) is 7.11 Å². The number of aromatic amines is 1. The Morgan fingerprint density at radius 3 is 2.77 bits per heavy atom. The van der Waals surface area contributed by atoms with Crippen molar-refractivity contribution in [1.82, 2.24) is 14.5 Å². The van der Waals surface area contributed by atoms with Crippen LogP contribution < -0.4 is 4.74 Å². The van der Waals surface area contributed by atoms with Crippen molar-refractivity contribution in [3.8, 4) is 5.75 Å². The fourth-order valence-electron chi connectivity index (χ4n) is 3.41. The van der Waals surface area contributed by atoms with E-state index in [1.165, 1.54) is 0 Å². The summed E-state index contributed by atoms with van der Waals surface area (Å²) in [6, 6.07) is 15.7. The standard InChI is InChI=1S/C21H19N3O2/c1-26-19-9-5-8-17-21(19)16(12-23-17)20(15-6-3-2-4-7-15)18(25)13-24-11-10-22-14-24/h2-12,14,20,23H,13H2,1H3. The van der Waals surface area contributed by atoms with Gasteiger partial charge in [-0.3, -0.25) is 4.79 Å². The molecule has 0 aliphatic rings. The highest BCUT2D eigenvalue weighted by atomic mass is 16.5. The summed E-state index contributed by atoms with van der Waals surface area (Å²) in [7, 11) is 1.65. The number of rotatable bonds is 6. The van der Waals surface area contributed by atoms with Crippen molar-refractivity contribution in [3.05, 3.63) is 84.6 Å². The van der Waals surface area contributed by atoms with Gasteiger partial charge in [-0.05, 0) is 23.3 Å². The van der Waals surface area contributed by atoms with Gasteiger partial charge in [-0.15, -0.1) is 0 Å². The highest BCUT2D eigenvalue weighted by Crippen LogP contribution is 2.36. The van der Waals surface area contributed by atoms with E-state index in [9.17, 15) is 4.79 Å². The molecule has 0 saturated carbocycles. The Morgan fingerprint density at radius 1 is 1.19 bits per heavy atom. The number of H-pyrrole nitrogens is 1. The van der Waals surface area contributed by atoms with Gasteiger partial charge in [-0.2, -0.15) is 0 Å².